The first-order valence-corrected chi connectivity index (χ1v) is 7.80. The molecule has 0 amide bonds. The number of hydrogen-bond donors (Lipinski definition) is 0. The van der Waals surface area contributed by atoms with Crippen molar-refractivity contribution in [2.45, 2.75) is 4.90 Å². The third kappa shape index (κ3) is 3.46. The van der Waals surface area contributed by atoms with Crippen molar-refractivity contribution in [2.24, 2.45) is 0 Å². The molecule has 0 radical (unpaired) electrons. The summed E-state index contributed by atoms with van der Waals surface area (Å²) in [6.45, 7) is 0. The van der Waals surface area contributed by atoms with Crippen LogP contribution in [0.3, 0.4) is 0 Å². The molecule has 0 spiro atoms. The van der Waals surface area contributed by atoms with E-state index in [4.69, 9.17) is 11.6 Å². The Labute approximate surface area is 125 Å². The van der Waals surface area contributed by atoms with Gasteiger partial charge in [-0.15, -0.1) is 0 Å². The van der Waals surface area contributed by atoms with E-state index in [9.17, 15) is 22.0 Å². The molecule has 0 aliphatic heterocycles. The van der Waals surface area contributed by atoms with E-state index < -0.39 is 37.9 Å². The first-order chi connectivity index (χ1) is 9.81. The number of halogens is 3. The van der Waals surface area contributed by atoms with Crippen LogP contribution in [0.4, 0.5) is 8.78 Å². The molecule has 2 aromatic carbocycles. The van der Waals surface area contributed by atoms with Gasteiger partial charge in [0.1, 0.15) is 5.75 Å². The fraction of sp³-hybridized carbons (Fsp3) is 0.0714. The van der Waals surface area contributed by atoms with Crippen LogP contribution in [0.15, 0.2) is 47.4 Å². The molecule has 0 heterocycles. The number of ketones is 1. The maximum atomic E-state index is 13.1. The lowest BCUT2D eigenvalue weighted by Gasteiger charge is -2.06. The highest BCUT2D eigenvalue weighted by Gasteiger charge is 2.22. The molecular formula is C14H9ClF2O3S. The summed E-state index contributed by atoms with van der Waals surface area (Å²) < 4.78 is 50.0. The van der Waals surface area contributed by atoms with E-state index in [2.05, 4.69) is 0 Å². The lowest BCUT2D eigenvalue weighted by Crippen LogP contribution is -2.17. The second-order valence-corrected chi connectivity index (χ2v) is 6.63. The number of rotatable bonds is 4. The van der Waals surface area contributed by atoms with Crippen LogP contribution in [0.5, 0.6) is 0 Å². The largest absolute Gasteiger partial charge is 0.293 e. The molecule has 0 unspecified atom stereocenters. The van der Waals surface area contributed by atoms with E-state index in [1.807, 2.05) is 0 Å². The van der Waals surface area contributed by atoms with Gasteiger partial charge < -0.3 is 0 Å². The summed E-state index contributed by atoms with van der Waals surface area (Å²) in [6.07, 6.45) is 0. The quantitative estimate of drug-likeness (QED) is 0.638. The zero-order valence-electron chi connectivity index (χ0n) is 10.5. The van der Waals surface area contributed by atoms with Gasteiger partial charge in [-0.05, 0) is 30.3 Å². The van der Waals surface area contributed by atoms with Crippen LogP contribution in [0, 0.1) is 11.6 Å². The van der Waals surface area contributed by atoms with E-state index >= 15 is 0 Å². The minimum absolute atomic E-state index is 0.0605. The summed E-state index contributed by atoms with van der Waals surface area (Å²) in [7, 11) is -4.08. The molecule has 0 saturated heterocycles. The van der Waals surface area contributed by atoms with Gasteiger partial charge in [0.05, 0.1) is 9.92 Å². The van der Waals surface area contributed by atoms with Crippen molar-refractivity contribution in [2.75, 3.05) is 5.75 Å². The molecule has 0 fully saturated rings. The standard InChI is InChI=1S/C14H9ClF2O3S/c15-11-4-2-1-3-10(11)14(18)8-21(19,20)9-5-6-12(16)13(17)7-9/h1-7H,8H2. The summed E-state index contributed by atoms with van der Waals surface area (Å²) in [5, 5.41) is 0.128. The zero-order chi connectivity index (χ0) is 15.6. The molecule has 0 atom stereocenters. The Bertz CT molecular complexity index is 804. The van der Waals surface area contributed by atoms with Crippen molar-refractivity contribution < 1.29 is 22.0 Å². The van der Waals surface area contributed by atoms with Crippen LogP contribution in [-0.2, 0) is 9.84 Å². The van der Waals surface area contributed by atoms with E-state index in [1.165, 1.54) is 12.1 Å². The van der Waals surface area contributed by atoms with Gasteiger partial charge in [0, 0.05) is 5.56 Å². The van der Waals surface area contributed by atoms with E-state index in [-0.39, 0.29) is 10.6 Å². The predicted molar refractivity (Wildman–Crippen MR) is 74.2 cm³/mol. The number of hydrogen-bond acceptors (Lipinski definition) is 3. The van der Waals surface area contributed by atoms with Crippen molar-refractivity contribution in [3.05, 3.63) is 64.7 Å². The molecular weight excluding hydrogens is 322 g/mol. The van der Waals surface area contributed by atoms with Gasteiger partial charge in [0.15, 0.2) is 27.3 Å². The molecule has 0 aliphatic rings. The van der Waals surface area contributed by atoms with Crippen molar-refractivity contribution in [3.8, 4) is 0 Å². The molecule has 2 aromatic rings. The molecule has 0 saturated carbocycles. The fourth-order valence-corrected chi connectivity index (χ4v) is 3.16. The molecule has 0 bridgehead atoms. The summed E-state index contributed by atoms with van der Waals surface area (Å²) in [5.74, 6) is -4.04. The third-order valence-corrected chi connectivity index (χ3v) is 4.69. The van der Waals surface area contributed by atoms with Crippen LogP contribution in [-0.4, -0.2) is 20.0 Å². The molecule has 110 valence electrons. The van der Waals surface area contributed by atoms with Crippen molar-refractivity contribution >= 4 is 27.2 Å². The summed E-state index contributed by atoms with van der Waals surface area (Å²) in [6, 6.07) is 8.15. The lowest BCUT2D eigenvalue weighted by atomic mass is 10.1. The maximum absolute atomic E-state index is 13.1. The molecule has 0 N–H and O–H groups in total. The Balaban J connectivity index is 2.31. The average Bonchev–Trinajstić information content (AvgIpc) is 2.41. The normalized spacial score (nSPS) is 11.4. The van der Waals surface area contributed by atoms with Gasteiger partial charge in [-0.3, -0.25) is 4.79 Å². The summed E-state index contributed by atoms with van der Waals surface area (Å²) >= 11 is 5.81. The molecule has 0 aliphatic carbocycles. The Morgan fingerprint density at radius 1 is 1.05 bits per heavy atom. The van der Waals surface area contributed by atoms with Crippen LogP contribution < -0.4 is 0 Å². The van der Waals surface area contributed by atoms with Gasteiger partial charge in [-0.1, -0.05) is 23.7 Å². The predicted octanol–water partition coefficient (Wildman–Crippen LogP) is 3.27. The number of carbonyl (C=O) groups excluding carboxylic acids is 1. The second-order valence-electron chi connectivity index (χ2n) is 4.24. The molecule has 21 heavy (non-hydrogen) atoms. The molecule has 2 rings (SSSR count). The van der Waals surface area contributed by atoms with Gasteiger partial charge >= 0.3 is 0 Å². The smallest absolute Gasteiger partial charge is 0.185 e. The van der Waals surface area contributed by atoms with E-state index in [0.717, 1.165) is 6.07 Å². The van der Waals surface area contributed by atoms with Crippen LogP contribution >= 0.6 is 11.6 Å². The van der Waals surface area contributed by atoms with Crippen molar-refractivity contribution in [3.63, 3.8) is 0 Å². The third-order valence-electron chi connectivity index (χ3n) is 2.75. The summed E-state index contributed by atoms with van der Waals surface area (Å²) in [4.78, 5) is 11.5. The van der Waals surface area contributed by atoms with Gasteiger partial charge in [0.25, 0.3) is 0 Å². The van der Waals surface area contributed by atoms with Crippen molar-refractivity contribution in [1.82, 2.24) is 0 Å². The maximum Gasteiger partial charge on any atom is 0.185 e. The minimum atomic E-state index is -4.08. The molecule has 3 nitrogen and oxygen atoms in total. The molecule has 0 aromatic heterocycles. The first-order valence-electron chi connectivity index (χ1n) is 5.77. The van der Waals surface area contributed by atoms with Crippen molar-refractivity contribution in [1.29, 1.82) is 0 Å². The average molecular weight is 331 g/mol. The number of benzene rings is 2. The van der Waals surface area contributed by atoms with E-state index in [0.29, 0.717) is 12.1 Å². The molecule has 7 heteroatoms. The van der Waals surface area contributed by atoms with E-state index in [1.54, 1.807) is 12.1 Å². The highest BCUT2D eigenvalue weighted by Crippen LogP contribution is 2.19. The highest BCUT2D eigenvalue weighted by molar-refractivity contribution is 7.92. The Kier molecular flexibility index (Phi) is 4.39. The topological polar surface area (TPSA) is 51.2 Å². The Hall–Kier alpha value is -1.79. The highest BCUT2D eigenvalue weighted by atomic mass is 35.5. The first kappa shape index (κ1) is 15.6. The number of carbonyl (C=O) groups is 1. The SMILES string of the molecule is O=C(CS(=O)(=O)c1ccc(F)c(F)c1)c1ccccc1Cl. The fourth-order valence-electron chi connectivity index (χ4n) is 1.69. The van der Waals surface area contributed by atoms with Gasteiger partial charge in [-0.25, -0.2) is 17.2 Å². The van der Waals surface area contributed by atoms with Crippen LogP contribution in [0.1, 0.15) is 10.4 Å². The zero-order valence-corrected chi connectivity index (χ0v) is 12.1. The van der Waals surface area contributed by atoms with Crippen LogP contribution in [0.25, 0.3) is 0 Å². The monoisotopic (exact) mass is 330 g/mol. The number of Topliss-reactive ketones (excluding diaryl/α,β-unsaturated/α-hetero) is 1. The van der Waals surface area contributed by atoms with Gasteiger partial charge in [-0.2, -0.15) is 0 Å². The Morgan fingerprint density at radius 3 is 2.33 bits per heavy atom. The minimum Gasteiger partial charge on any atom is -0.293 e. The second kappa shape index (κ2) is 5.91. The van der Waals surface area contributed by atoms with Gasteiger partial charge in [0.2, 0.25) is 0 Å². The lowest BCUT2D eigenvalue weighted by molar-refractivity contribution is 0.102. The van der Waals surface area contributed by atoms with Crippen LogP contribution in [0.2, 0.25) is 5.02 Å². The summed E-state index contributed by atoms with van der Waals surface area (Å²) in [5.41, 5.74) is 0.0605. The Morgan fingerprint density at radius 2 is 1.71 bits per heavy atom. The number of sulfone groups is 1.